The molecular formula is C39H66O2Si4. The van der Waals surface area contributed by atoms with Gasteiger partial charge in [0, 0.05) is 14.2 Å². The summed E-state index contributed by atoms with van der Waals surface area (Å²) in [5.74, 6) is 13.6. The normalized spacial score (nSPS) is 15.8. The van der Waals surface area contributed by atoms with E-state index in [9.17, 15) is 0 Å². The zero-order valence-electron chi connectivity index (χ0n) is 32.8. The van der Waals surface area contributed by atoms with E-state index in [1.165, 1.54) is 0 Å². The zero-order valence-corrected chi connectivity index (χ0v) is 36.8. The Balaban J connectivity index is 4.65. The highest BCUT2D eigenvalue weighted by atomic mass is 28.3. The second-order valence-corrected chi connectivity index (χ2v) is 37.5. The van der Waals surface area contributed by atoms with Gasteiger partial charge in [-0.25, -0.2) is 0 Å². The molecule has 0 saturated heterocycles. The van der Waals surface area contributed by atoms with Gasteiger partial charge in [0.25, 0.3) is 0 Å². The van der Waals surface area contributed by atoms with E-state index in [4.69, 9.17) is 9.47 Å². The maximum atomic E-state index is 6.47. The van der Waals surface area contributed by atoms with Gasteiger partial charge < -0.3 is 9.47 Å². The van der Waals surface area contributed by atoms with E-state index in [1.54, 1.807) is 14.2 Å². The van der Waals surface area contributed by atoms with Gasteiger partial charge >= 0.3 is 0 Å². The molecular weight excluding hydrogens is 613 g/mol. The molecule has 0 saturated carbocycles. The molecule has 0 aromatic heterocycles. The number of ether oxygens (including phenoxy) is 2. The van der Waals surface area contributed by atoms with E-state index in [-0.39, 0.29) is 0 Å². The highest BCUT2D eigenvalue weighted by Gasteiger charge is 2.49. The van der Waals surface area contributed by atoms with Crippen LogP contribution in [0.15, 0.2) is 22.3 Å². The lowest BCUT2D eigenvalue weighted by atomic mass is 10.0. The molecule has 45 heavy (non-hydrogen) atoms. The summed E-state index contributed by atoms with van der Waals surface area (Å²) in [5.41, 5.74) is 21.5. The zero-order chi connectivity index (χ0) is 35.3. The van der Waals surface area contributed by atoms with Crippen LogP contribution in [0, 0.1) is 45.9 Å². The summed E-state index contributed by atoms with van der Waals surface area (Å²) < 4.78 is 12.9. The Labute approximate surface area is 284 Å². The Bertz CT molecular complexity index is 1230. The SMILES string of the molecule is COC1(OC)C(C#C[Si](C(C)C)(C(C)C)C(C)C)=C(C#C[Si](C)(C)C)C(C#C[Si](C)(C)C)=C1C#C[Si](C(C)C)(C(C)C)C(C)C. The summed E-state index contributed by atoms with van der Waals surface area (Å²) in [6.45, 7) is 41.9. The Morgan fingerprint density at radius 1 is 0.422 bits per heavy atom. The lowest BCUT2D eigenvalue weighted by Gasteiger charge is -2.38. The molecule has 0 heterocycles. The quantitative estimate of drug-likeness (QED) is 0.144. The van der Waals surface area contributed by atoms with Crippen molar-refractivity contribution in [1.82, 2.24) is 0 Å². The standard InChI is InChI=1S/C39H66O2Si4/c1-29(2)44(30(3)4,31(5)6)27-23-37-35(21-25-42(15,16)17)36(22-26-43(18,19)20)38(39(37,40-13)41-14)24-28-45(32(7)8,33(9)10)34(11)12/h29-34H,1-20H3. The van der Waals surface area contributed by atoms with Crippen molar-refractivity contribution in [2.24, 2.45) is 0 Å². The molecule has 6 heteroatoms. The van der Waals surface area contributed by atoms with Crippen molar-refractivity contribution >= 4 is 32.3 Å². The Morgan fingerprint density at radius 2 is 0.667 bits per heavy atom. The number of hydrogen-bond acceptors (Lipinski definition) is 2. The summed E-state index contributed by atoms with van der Waals surface area (Å²) in [7, 11) is -4.21. The minimum atomic E-state index is -2.08. The molecule has 0 spiro atoms. The number of methoxy groups -OCH3 is 2. The molecule has 0 aromatic carbocycles. The van der Waals surface area contributed by atoms with Gasteiger partial charge in [0.05, 0.1) is 22.3 Å². The lowest BCUT2D eigenvalue weighted by molar-refractivity contribution is -0.142. The molecule has 0 aromatic rings. The molecule has 1 aliphatic rings. The molecule has 0 amide bonds. The predicted molar refractivity (Wildman–Crippen MR) is 211 cm³/mol. The van der Waals surface area contributed by atoms with Crippen molar-refractivity contribution in [3.63, 3.8) is 0 Å². The molecule has 0 bridgehead atoms. The maximum Gasteiger partial charge on any atom is 0.240 e. The fourth-order valence-electron chi connectivity index (χ4n) is 7.44. The second kappa shape index (κ2) is 15.6. The summed E-state index contributed by atoms with van der Waals surface area (Å²) in [4.78, 5) is 0. The van der Waals surface area contributed by atoms with Crippen molar-refractivity contribution in [3.05, 3.63) is 22.3 Å². The lowest BCUT2D eigenvalue weighted by Crippen LogP contribution is -2.44. The van der Waals surface area contributed by atoms with Crippen LogP contribution >= 0.6 is 0 Å². The molecule has 0 aliphatic heterocycles. The summed E-state index contributed by atoms with van der Waals surface area (Å²) in [6, 6.07) is 0. The Hall–Kier alpha value is -1.49. The van der Waals surface area contributed by atoms with Crippen molar-refractivity contribution in [2.75, 3.05) is 14.2 Å². The minimum Gasteiger partial charge on any atom is -0.345 e. The van der Waals surface area contributed by atoms with Gasteiger partial charge in [0.2, 0.25) is 5.79 Å². The second-order valence-electron chi connectivity index (χ2n) is 16.8. The predicted octanol–water partition coefficient (Wildman–Crippen LogP) is 10.8. The van der Waals surface area contributed by atoms with Gasteiger partial charge in [-0.1, -0.05) is 146 Å². The monoisotopic (exact) mass is 678 g/mol. The van der Waals surface area contributed by atoms with Crippen molar-refractivity contribution in [3.8, 4) is 45.9 Å². The van der Waals surface area contributed by atoms with Crippen molar-refractivity contribution in [1.29, 1.82) is 0 Å². The molecule has 0 unspecified atom stereocenters. The molecule has 0 fully saturated rings. The highest BCUT2D eigenvalue weighted by molar-refractivity contribution is 6.91. The van der Waals surface area contributed by atoms with Gasteiger partial charge in [-0.3, -0.25) is 0 Å². The molecule has 1 rings (SSSR count). The minimum absolute atomic E-state index is 0.496. The number of rotatable bonds is 8. The molecule has 1 aliphatic carbocycles. The van der Waals surface area contributed by atoms with Gasteiger partial charge in [0.15, 0.2) is 0 Å². The number of hydrogen-bond donors (Lipinski definition) is 0. The summed E-state index contributed by atoms with van der Waals surface area (Å²) in [6.07, 6.45) is 0. The largest absolute Gasteiger partial charge is 0.345 e. The average molecular weight is 679 g/mol. The van der Waals surface area contributed by atoms with Gasteiger partial charge in [-0.2, -0.15) is 0 Å². The highest BCUT2D eigenvalue weighted by Crippen LogP contribution is 2.46. The fraction of sp³-hybridized carbons (Fsp3) is 0.692. The van der Waals surface area contributed by atoms with Crippen LogP contribution in [-0.2, 0) is 9.47 Å². The Kier molecular flexibility index (Phi) is 14.4. The van der Waals surface area contributed by atoms with E-state index in [1.807, 2.05) is 0 Å². The average Bonchev–Trinajstić information content (AvgIpc) is 3.13. The van der Waals surface area contributed by atoms with Crippen LogP contribution in [0.3, 0.4) is 0 Å². The van der Waals surface area contributed by atoms with Gasteiger partial charge in [-0.05, 0) is 33.2 Å². The van der Waals surface area contributed by atoms with Crippen LogP contribution in [-0.4, -0.2) is 52.3 Å². The molecule has 0 atom stereocenters. The van der Waals surface area contributed by atoms with E-state index in [2.05, 4.69) is 168 Å². The fourth-order valence-corrected chi connectivity index (χ4v) is 18.9. The Morgan fingerprint density at radius 3 is 0.844 bits per heavy atom. The van der Waals surface area contributed by atoms with Crippen molar-refractivity contribution < 1.29 is 9.47 Å². The summed E-state index contributed by atoms with van der Waals surface area (Å²) in [5, 5.41) is 0. The van der Waals surface area contributed by atoms with Gasteiger partial charge in [0.1, 0.15) is 32.3 Å². The topological polar surface area (TPSA) is 18.5 Å². The van der Waals surface area contributed by atoms with Crippen LogP contribution in [0.4, 0.5) is 0 Å². The third kappa shape index (κ3) is 8.90. The number of allylic oxidation sites excluding steroid dienone is 2. The third-order valence-electron chi connectivity index (χ3n) is 9.65. The van der Waals surface area contributed by atoms with E-state index in [0.717, 1.165) is 22.3 Å². The first-order valence-corrected chi connectivity index (χ1v) is 28.6. The van der Waals surface area contributed by atoms with Crippen LogP contribution < -0.4 is 0 Å². The van der Waals surface area contributed by atoms with E-state index in [0.29, 0.717) is 33.2 Å². The van der Waals surface area contributed by atoms with E-state index >= 15 is 0 Å². The third-order valence-corrected chi connectivity index (χ3v) is 24.0. The molecule has 250 valence electrons. The maximum absolute atomic E-state index is 6.47. The van der Waals surface area contributed by atoms with E-state index < -0.39 is 38.1 Å². The molecule has 0 N–H and O–H groups in total. The first kappa shape index (κ1) is 41.5. The van der Waals surface area contributed by atoms with Crippen molar-refractivity contribution in [2.45, 2.75) is 161 Å². The molecule has 2 nitrogen and oxygen atoms in total. The first-order valence-electron chi connectivity index (χ1n) is 17.1. The summed E-state index contributed by atoms with van der Waals surface area (Å²) >= 11 is 0. The van der Waals surface area contributed by atoms with Crippen LogP contribution in [0.1, 0.15) is 83.1 Å². The van der Waals surface area contributed by atoms with Crippen LogP contribution in [0.5, 0.6) is 0 Å². The van der Waals surface area contributed by atoms with Gasteiger partial charge in [-0.15, -0.1) is 22.2 Å². The van der Waals surface area contributed by atoms with Crippen LogP contribution in [0.25, 0.3) is 0 Å². The molecule has 0 radical (unpaired) electrons. The smallest absolute Gasteiger partial charge is 0.240 e. The van der Waals surface area contributed by atoms with Crippen LogP contribution in [0.2, 0.25) is 72.5 Å². The first-order chi connectivity index (χ1) is 20.4.